The van der Waals surface area contributed by atoms with Crippen LogP contribution in [-0.2, 0) is 10.8 Å². The van der Waals surface area contributed by atoms with Crippen molar-refractivity contribution in [2.24, 2.45) is 0 Å². The molecule has 0 heteroatoms. The van der Waals surface area contributed by atoms with Gasteiger partial charge in [0.1, 0.15) is 0 Å². The Bertz CT molecular complexity index is 7160. The largest absolute Gasteiger partial charge is 0.0620 e. The molecule has 306 valence electrons. The number of hydrogen-bond donors (Lipinski definition) is 0. The van der Waals surface area contributed by atoms with Crippen molar-refractivity contribution < 1.29 is 0 Å². The summed E-state index contributed by atoms with van der Waals surface area (Å²) in [6, 6.07) is 20.3. The number of hydrogen-bond acceptors (Lipinski definition) is 0. The van der Waals surface area contributed by atoms with E-state index in [-0.39, 0.29) is 22.7 Å². The highest BCUT2D eigenvalue weighted by Crippen LogP contribution is 2.90. The lowest BCUT2D eigenvalue weighted by molar-refractivity contribution is 0.218. The van der Waals surface area contributed by atoms with Gasteiger partial charge in [0, 0.05) is 22.7 Å². The van der Waals surface area contributed by atoms with Gasteiger partial charge in [-0.3, -0.25) is 0 Å². The third-order valence-corrected chi connectivity index (χ3v) is 27.6. The van der Waals surface area contributed by atoms with E-state index in [4.69, 9.17) is 0 Å². The smallest absolute Gasteiger partial charge is 0.0484 e. The topological polar surface area (TPSA) is 0 Å². The van der Waals surface area contributed by atoms with Gasteiger partial charge in [0.25, 0.3) is 0 Å². The molecular weight excluding hydrogens is 889 g/mol. The maximum Gasteiger partial charge on any atom is 0.0484 e. The van der Waals surface area contributed by atoms with Gasteiger partial charge in [-0.05, 0) is 335 Å². The van der Waals surface area contributed by atoms with E-state index in [1.165, 1.54) is 0 Å². The molecular formula is C74H10. The second-order valence-electron chi connectivity index (χ2n) is 27.5. The lowest BCUT2D eigenvalue weighted by Gasteiger charge is -2.67. The van der Waals surface area contributed by atoms with Crippen molar-refractivity contribution in [3.05, 3.63) is 93.0 Å². The Morgan fingerprint density at radius 3 is 0.378 bits per heavy atom. The van der Waals surface area contributed by atoms with Crippen LogP contribution in [0, 0.1) is 0 Å². The molecule has 0 nitrogen and oxygen atoms in total. The predicted molar refractivity (Wildman–Crippen MR) is 310 cm³/mol. The van der Waals surface area contributed by atoms with Gasteiger partial charge < -0.3 is 0 Å². The molecule has 0 fully saturated rings. The summed E-state index contributed by atoms with van der Waals surface area (Å²) in [7, 11) is 0. The van der Waals surface area contributed by atoms with Crippen molar-refractivity contribution in [3.8, 4) is 0 Å². The minimum Gasteiger partial charge on any atom is -0.0620 e. The van der Waals surface area contributed by atoms with Gasteiger partial charge >= 0.3 is 0 Å². The highest BCUT2D eigenvalue weighted by atomic mass is 14.8. The van der Waals surface area contributed by atoms with Crippen LogP contribution in [-0.4, -0.2) is 0 Å². The van der Waals surface area contributed by atoms with Crippen LogP contribution in [0.25, 0.3) is 291 Å². The minimum atomic E-state index is -0.314. The van der Waals surface area contributed by atoms with Crippen molar-refractivity contribution >= 4 is 291 Å². The van der Waals surface area contributed by atoms with Gasteiger partial charge in [0.05, 0.1) is 0 Å². The molecule has 0 amide bonds. The first-order valence-corrected chi connectivity index (χ1v) is 27.9. The second kappa shape index (κ2) is 6.14. The van der Waals surface area contributed by atoms with Crippen LogP contribution in [0.15, 0.2) is 48.5 Å². The Kier molecular flexibility index (Phi) is 2.25. The van der Waals surface area contributed by atoms with E-state index in [0.29, 0.717) is 0 Å². The average molecular weight is 899 g/mol. The van der Waals surface area contributed by atoms with E-state index in [2.05, 4.69) is 48.5 Å². The Labute approximate surface area is 404 Å². The summed E-state index contributed by atoms with van der Waals surface area (Å²) in [5.74, 6) is 0.381. The fourth-order valence-corrected chi connectivity index (χ4v) is 27.7. The molecule has 37 rings (SSSR count). The highest BCUT2D eigenvalue weighted by molar-refractivity contribution is 6.82. The monoisotopic (exact) mass is 898 g/mol. The molecule has 0 aliphatic heterocycles. The van der Waals surface area contributed by atoms with Crippen LogP contribution >= 0.6 is 0 Å². The van der Waals surface area contributed by atoms with E-state index in [0.717, 1.165) is 0 Å². The van der Waals surface area contributed by atoms with E-state index in [1.807, 2.05) is 0 Å². The molecule has 0 unspecified atom stereocenters. The molecule has 30 aromatic rings. The van der Waals surface area contributed by atoms with Crippen LogP contribution in [0.2, 0.25) is 0 Å². The molecule has 0 aromatic heterocycles. The molecule has 74 heavy (non-hydrogen) atoms. The van der Waals surface area contributed by atoms with Crippen molar-refractivity contribution in [1.29, 1.82) is 0 Å². The zero-order valence-electron chi connectivity index (χ0n) is 37.8. The van der Waals surface area contributed by atoms with Gasteiger partial charge in [-0.25, -0.2) is 0 Å². The van der Waals surface area contributed by atoms with Gasteiger partial charge in [-0.15, -0.1) is 0 Å². The van der Waals surface area contributed by atoms with E-state index < -0.39 is 0 Å². The molecule has 7 aliphatic rings. The summed E-state index contributed by atoms with van der Waals surface area (Å²) >= 11 is 0. The first kappa shape index (κ1) is 27.1. The Balaban J connectivity index is 1.15. The number of benzene rings is 20. The van der Waals surface area contributed by atoms with Crippen molar-refractivity contribution in [1.82, 2.24) is 0 Å². The first-order chi connectivity index (χ1) is 36.9. The third kappa shape index (κ3) is 1.41. The summed E-state index contributed by atoms with van der Waals surface area (Å²) in [6.07, 6.45) is 0. The Morgan fingerprint density at radius 2 is 0.257 bits per heavy atom. The van der Waals surface area contributed by atoms with Crippen LogP contribution in [0.4, 0.5) is 0 Å². The van der Waals surface area contributed by atoms with Gasteiger partial charge in [-0.1, -0.05) is 48.5 Å². The first-order valence-electron chi connectivity index (χ1n) is 27.9. The Morgan fingerprint density at radius 1 is 0.149 bits per heavy atom. The SMILES string of the molecule is c1ccc2c(c1)C1c3ccccc3C2C23c4c5c6c7c8c9c(c%10c%11c2c2c4c4c%12c5c5c6c6c8c8c%13c9c9c%10c%10c%11c%11c2c2c4c4c%12c%12c5c5c6c8c6c8c%13c9c9c%10c%10c%11c2c2c4c4c%12c5c6c5c8c9c%10c2c45)C713. The van der Waals surface area contributed by atoms with E-state index in [9.17, 15) is 0 Å². The summed E-state index contributed by atoms with van der Waals surface area (Å²) in [5, 5.41) is 90.8. The van der Waals surface area contributed by atoms with Crippen molar-refractivity contribution in [3.63, 3.8) is 0 Å². The lowest BCUT2D eigenvalue weighted by Crippen LogP contribution is -2.63. The van der Waals surface area contributed by atoms with E-state index >= 15 is 0 Å². The molecule has 2 bridgehead atoms. The second-order valence-corrected chi connectivity index (χ2v) is 27.5. The van der Waals surface area contributed by atoms with Crippen LogP contribution in [0.5, 0.6) is 0 Å². The fraction of sp³-hybridized carbons (Fsp3) is 0.0541. The fourth-order valence-electron chi connectivity index (χ4n) is 27.7. The quantitative estimate of drug-likeness (QED) is 0.133. The standard InChI is InChI=1S/C74H10/c1-2-6-10-9(5-1)67-11-7-3-4-8-12(11)68(10)74-71-61-53-43-33-25-17-14-13-15-19-21(17)29-35-27(19)37-31-23(15)24-16(13)20-22-18(14)26(25)34-40-30(22)36-28(20)38-32(24)42-41(31)51-45(37)55-49(35)57(47(53)39(29)33)65(71)63(55)69-59(51)60-52(42)46(38)56-50(36)58-48(40)54(44(34)43)62(61)72(74)66(58)64(56)70(60)73(67,69)74/h1-8,67-68H. The zero-order chi connectivity index (χ0) is 43.6. The van der Waals surface area contributed by atoms with Gasteiger partial charge in [0.15, 0.2) is 0 Å². The molecule has 0 saturated heterocycles. The van der Waals surface area contributed by atoms with Gasteiger partial charge in [0.2, 0.25) is 0 Å². The molecule has 0 atom stereocenters. The summed E-state index contributed by atoms with van der Waals surface area (Å²) in [4.78, 5) is 0. The van der Waals surface area contributed by atoms with Crippen LogP contribution in [0.3, 0.4) is 0 Å². The molecule has 0 radical (unpaired) electrons. The molecule has 30 aromatic carbocycles. The number of rotatable bonds is 0. The molecule has 7 aliphatic carbocycles. The van der Waals surface area contributed by atoms with Crippen molar-refractivity contribution in [2.45, 2.75) is 22.7 Å². The zero-order valence-corrected chi connectivity index (χ0v) is 37.8. The summed E-state index contributed by atoms with van der Waals surface area (Å²) in [5.41, 5.74) is 13.1. The summed E-state index contributed by atoms with van der Waals surface area (Å²) in [6.45, 7) is 0. The predicted octanol–water partition coefficient (Wildman–Crippen LogP) is 19.6. The van der Waals surface area contributed by atoms with E-state index in [1.54, 1.807) is 335 Å². The van der Waals surface area contributed by atoms with Crippen LogP contribution in [0.1, 0.15) is 56.3 Å². The third-order valence-electron chi connectivity index (χ3n) is 27.6. The van der Waals surface area contributed by atoms with Gasteiger partial charge in [-0.2, -0.15) is 0 Å². The summed E-state index contributed by atoms with van der Waals surface area (Å²) < 4.78 is 0. The molecule has 2 spiro atoms. The maximum absolute atomic E-state index is 2.64. The highest BCUT2D eigenvalue weighted by Gasteiger charge is 2.78. The van der Waals surface area contributed by atoms with Crippen molar-refractivity contribution in [2.75, 3.05) is 0 Å². The molecule has 0 N–H and O–H groups in total. The Hall–Kier alpha value is -9.10. The normalized spacial score (nSPS) is 24.1. The maximum atomic E-state index is 2.64. The lowest BCUT2D eigenvalue weighted by atomic mass is 9.33. The molecule has 0 saturated carbocycles. The van der Waals surface area contributed by atoms with Crippen LogP contribution < -0.4 is 0 Å². The molecule has 0 heterocycles. The average Bonchev–Trinajstić information content (AvgIpc) is 3.27. The minimum absolute atomic E-state index is 0.190.